The molecule has 0 N–H and O–H groups in total. The summed E-state index contributed by atoms with van der Waals surface area (Å²) in [6.07, 6.45) is 1.71. The van der Waals surface area contributed by atoms with Crippen molar-refractivity contribution in [3.05, 3.63) is 41.0 Å². The number of rotatable bonds is 3. The zero-order valence-corrected chi connectivity index (χ0v) is 11.6. The Bertz CT molecular complexity index is 629. The number of hydrogen-bond donors (Lipinski definition) is 0. The number of halogens is 6. The number of benzene rings is 1. The summed E-state index contributed by atoms with van der Waals surface area (Å²) < 4.78 is 66.7. The van der Waals surface area contributed by atoms with E-state index in [1.54, 1.807) is 0 Å². The minimum absolute atomic E-state index is 0.238. The van der Waals surface area contributed by atoms with Crippen LogP contribution in [0.3, 0.4) is 0 Å². The van der Waals surface area contributed by atoms with E-state index in [1.807, 2.05) is 6.92 Å². The van der Waals surface area contributed by atoms with Gasteiger partial charge in [0, 0.05) is 0 Å². The summed E-state index contributed by atoms with van der Waals surface area (Å²) in [5, 5.41) is 7.01. The molecule has 2 rings (SSSR count). The van der Waals surface area contributed by atoms with Gasteiger partial charge in [-0.05, 0) is 6.42 Å². The lowest BCUT2D eigenvalue weighted by atomic mass is 10.2. The first-order valence-electron chi connectivity index (χ1n) is 5.46. The monoisotopic (exact) mass is 355 g/mol. The number of aromatic nitrogens is 3. The predicted octanol–water partition coefficient (Wildman–Crippen LogP) is 3.81. The summed E-state index contributed by atoms with van der Waals surface area (Å²) in [7, 11) is 0. The second-order valence-electron chi connectivity index (χ2n) is 3.88. The van der Waals surface area contributed by atoms with Crippen molar-refractivity contribution in [2.75, 3.05) is 0 Å². The Balaban J connectivity index is 2.61. The standard InChI is InChI=1S/C11H7BrF5N3/c1-2-4(12)5-3-20(19-18-5)11-9(16)7(14)6(13)8(15)10(11)17/h3-4H,2H2,1H3. The molecule has 0 saturated heterocycles. The molecule has 0 radical (unpaired) electrons. The van der Waals surface area contributed by atoms with Crippen LogP contribution in [0.2, 0.25) is 0 Å². The normalized spacial score (nSPS) is 12.8. The molecule has 2 aromatic rings. The van der Waals surface area contributed by atoms with Gasteiger partial charge in [0.05, 0.1) is 16.7 Å². The highest BCUT2D eigenvalue weighted by Gasteiger charge is 2.27. The Kier molecular flexibility index (Phi) is 4.07. The summed E-state index contributed by atoms with van der Waals surface area (Å²) in [6, 6.07) is 0. The summed E-state index contributed by atoms with van der Waals surface area (Å²) in [5.41, 5.74) is -0.840. The van der Waals surface area contributed by atoms with E-state index >= 15 is 0 Å². The van der Waals surface area contributed by atoms with Gasteiger partial charge in [-0.15, -0.1) is 5.10 Å². The minimum Gasteiger partial charge on any atom is -0.214 e. The molecule has 1 aromatic heterocycles. The van der Waals surface area contributed by atoms with Gasteiger partial charge in [0.1, 0.15) is 5.69 Å². The van der Waals surface area contributed by atoms with Crippen molar-refractivity contribution < 1.29 is 22.0 Å². The molecule has 0 aliphatic carbocycles. The Labute approximate surface area is 118 Å². The largest absolute Gasteiger partial charge is 0.214 e. The SMILES string of the molecule is CCC(Br)c1cn(-c2c(F)c(F)c(F)c(F)c2F)nn1. The quantitative estimate of drug-likeness (QED) is 0.363. The first-order chi connectivity index (χ1) is 9.38. The third kappa shape index (κ3) is 2.30. The summed E-state index contributed by atoms with van der Waals surface area (Å²) in [4.78, 5) is -0.238. The number of nitrogens with zero attached hydrogens (tertiary/aromatic N) is 3. The molecule has 0 saturated carbocycles. The zero-order valence-electron chi connectivity index (χ0n) is 9.97. The molecule has 1 aromatic carbocycles. The molecule has 9 heteroatoms. The molecular formula is C11H7BrF5N3. The van der Waals surface area contributed by atoms with Gasteiger partial charge < -0.3 is 0 Å². The first kappa shape index (κ1) is 14.9. The minimum atomic E-state index is -2.21. The summed E-state index contributed by atoms with van der Waals surface area (Å²) >= 11 is 3.24. The molecule has 20 heavy (non-hydrogen) atoms. The van der Waals surface area contributed by atoms with Crippen LogP contribution in [0.25, 0.3) is 5.69 Å². The van der Waals surface area contributed by atoms with Crippen LogP contribution in [0, 0.1) is 29.1 Å². The van der Waals surface area contributed by atoms with Crippen molar-refractivity contribution in [1.29, 1.82) is 0 Å². The summed E-state index contributed by atoms with van der Waals surface area (Å²) in [5.74, 6) is -10.2. The highest BCUT2D eigenvalue weighted by Crippen LogP contribution is 2.28. The average Bonchev–Trinajstić information content (AvgIpc) is 2.92. The van der Waals surface area contributed by atoms with E-state index in [-0.39, 0.29) is 4.83 Å². The summed E-state index contributed by atoms with van der Waals surface area (Å²) in [6.45, 7) is 1.82. The maximum absolute atomic E-state index is 13.6. The van der Waals surface area contributed by atoms with E-state index in [0.717, 1.165) is 6.20 Å². The van der Waals surface area contributed by atoms with Gasteiger partial charge >= 0.3 is 0 Å². The first-order valence-corrected chi connectivity index (χ1v) is 6.38. The van der Waals surface area contributed by atoms with Gasteiger partial charge in [-0.25, -0.2) is 26.6 Å². The lowest BCUT2D eigenvalue weighted by Gasteiger charge is -2.07. The van der Waals surface area contributed by atoms with Crippen molar-refractivity contribution in [3.8, 4) is 5.69 Å². The highest BCUT2D eigenvalue weighted by molar-refractivity contribution is 9.09. The van der Waals surface area contributed by atoms with Gasteiger partial charge in [-0.1, -0.05) is 28.1 Å². The fraction of sp³-hybridized carbons (Fsp3) is 0.273. The maximum atomic E-state index is 13.6. The molecular weight excluding hydrogens is 349 g/mol. The van der Waals surface area contributed by atoms with Gasteiger partial charge in [-0.2, -0.15) is 0 Å². The van der Waals surface area contributed by atoms with Gasteiger partial charge in [0.2, 0.25) is 5.82 Å². The second kappa shape index (κ2) is 5.47. The van der Waals surface area contributed by atoms with Crippen LogP contribution >= 0.6 is 15.9 Å². The van der Waals surface area contributed by atoms with Crippen LogP contribution in [0.5, 0.6) is 0 Å². The smallest absolute Gasteiger partial charge is 0.200 e. The molecule has 0 aliphatic heterocycles. The molecule has 0 bridgehead atoms. The fourth-order valence-electron chi connectivity index (χ4n) is 1.53. The van der Waals surface area contributed by atoms with Crippen LogP contribution in [0.4, 0.5) is 22.0 Å². The van der Waals surface area contributed by atoms with Crippen LogP contribution in [0.1, 0.15) is 23.9 Å². The van der Waals surface area contributed by atoms with Gasteiger partial charge in [0.15, 0.2) is 23.3 Å². The Morgan fingerprint density at radius 2 is 1.55 bits per heavy atom. The molecule has 0 amide bonds. The molecule has 1 atom stereocenters. The number of hydrogen-bond acceptors (Lipinski definition) is 2. The van der Waals surface area contributed by atoms with Crippen LogP contribution in [0.15, 0.2) is 6.20 Å². The zero-order chi connectivity index (χ0) is 15.0. The third-order valence-corrected chi connectivity index (χ3v) is 3.72. The predicted molar refractivity (Wildman–Crippen MR) is 63.1 cm³/mol. The molecule has 0 spiro atoms. The Morgan fingerprint density at radius 3 is 2.05 bits per heavy atom. The van der Waals surface area contributed by atoms with E-state index in [4.69, 9.17) is 0 Å². The van der Waals surface area contributed by atoms with E-state index in [0.29, 0.717) is 16.8 Å². The molecule has 0 fully saturated rings. The molecule has 1 unspecified atom stereocenters. The van der Waals surface area contributed by atoms with Crippen molar-refractivity contribution in [3.63, 3.8) is 0 Å². The third-order valence-electron chi connectivity index (χ3n) is 2.61. The van der Waals surface area contributed by atoms with E-state index < -0.39 is 34.8 Å². The van der Waals surface area contributed by atoms with Crippen molar-refractivity contribution in [1.82, 2.24) is 15.0 Å². The molecule has 3 nitrogen and oxygen atoms in total. The molecule has 108 valence electrons. The van der Waals surface area contributed by atoms with Crippen molar-refractivity contribution in [2.24, 2.45) is 0 Å². The Hall–Kier alpha value is -1.51. The van der Waals surface area contributed by atoms with E-state index in [1.165, 1.54) is 0 Å². The fourth-order valence-corrected chi connectivity index (χ4v) is 1.74. The molecule has 0 aliphatic rings. The van der Waals surface area contributed by atoms with Crippen molar-refractivity contribution >= 4 is 15.9 Å². The van der Waals surface area contributed by atoms with Crippen LogP contribution in [-0.4, -0.2) is 15.0 Å². The van der Waals surface area contributed by atoms with Gasteiger partial charge in [-0.3, -0.25) is 0 Å². The van der Waals surface area contributed by atoms with Crippen molar-refractivity contribution in [2.45, 2.75) is 18.2 Å². The topological polar surface area (TPSA) is 30.7 Å². The van der Waals surface area contributed by atoms with Gasteiger partial charge in [0.25, 0.3) is 0 Å². The highest BCUT2D eigenvalue weighted by atomic mass is 79.9. The second-order valence-corrected chi connectivity index (χ2v) is 4.99. The van der Waals surface area contributed by atoms with Crippen LogP contribution in [-0.2, 0) is 0 Å². The lowest BCUT2D eigenvalue weighted by Crippen LogP contribution is -2.10. The average molecular weight is 356 g/mol. The van der Waals surface area contributed by atoms with Crippen LogP contribution < -0.4 is 0 Å². The van der Waals surface area contributed by atoms with E-state index in [9.17, 15) is 22.0 Å². The maximum Gasteiger partial charge on any atom is 0.200 e. The lowest BCUT2D eigenvalue weighted by molar-refractivity contribution is 0.373. The Morgan fingerprint density at radius 1 is 1.05 bits per heavy atom. The van der Waals surface area contributed by atoms with E-state index in [2.05, 4.69) is 26.2 Å². The number of alkyl halides is 1. The molecule has 1 heterocycles.